The van der Waals surface area contributed by atoms with E-state index < -0.39 is 12.0 Å². The van der Waals surface area contributed by atoms with Crippen LogP contribution in [0.1, 0.15) is 28.0 Å². The monoisotopic (exact) mass is 530 g/mol. The molecule has 5 aromatic rings. The van der Waals surface area contributed by atoms with Crippen LogP contribution in [0, 0.1) is 0 Å². The van der Waals surface area contributed by atoms with Crippen LogP contribution in [0.5, 0.6) is 0 Å². The van der Waals surface area contributed by atoms with Crippen LogP contribution in [0.25, 0.3) is 22.2 Å². The molecule has 0 saturated heterocycles. The van der Waals surface area contributed by atoms with Crippen molar-refractivity contribution in [3.05, 3.63) is 107 Å². The molecule has 3 aromatic carbocycles. The molecule has 0 saturated carbocycles. The van der Waals surface area contributed by atoms with E-state index in [1.807, 2.05) is 66.7 Å². The number of rotatable bonds is 7. The van der Waals surface area contributed by atoms with Crippen LogP contribution in [-0.4, -0.2) is 28.2 Å². The SMILES string of the molecule is COC(=O)c1nc([C@H](Cc2ccccc2)NC(=S)Nc2cccc(Cl)c2)oc1-c1c[nH]c2ccccc12. The Morgan fingerprint density at radius 1 is 1.11 bits per heavy atom. The van der Waals surface area contributed by atoms with Crippen LogP contribution in [-0.2, 0) is 11.2 Å². The van der Waals surface area contributed by atoms with Gasteiger partial charge < -0.3 is 24.8 Å². The second kappa shape index (κ2) is 10.9. The fraction of sp³-hybridized carbons (Fsp3) is 0.107. The van der Waals surface area contributed by atoms with Gasteiger partial charge in [-0.25, -0.2) is 9.78 Å². The maximum absolute atomic E-state index is 12.7. The molecule has 37 heavy (non-hydrogen) atoms. The Kier molecular flexibility index (Phi) is 7.20. The molecule has 186 valence electrons. The van der Waals surface area contributed by atoms with Gasteiger partial charge in [-0.1, -0.05) is 66.2 Å². The highest BCUT2D eigenvalue weighted by molar-refractivity contribution is 7.80. The third-order valence-electron chi connectivity index (χ3n) is 5.82. The predicted octanol–water partition coefficient (Wildman–Crippen LogP) is 6.53. The number of methoxy groups -OCH3 is 1. The van der Waals surface area contributed by atoms with Crippen molar-refractivity contribution >= 4 is 51.5 Å². The highest BCUT2D eigenvalue weighted by Gasteiger charge is 2.28. The van der Waals surface area contributed by atoms with Gasteiger partial charge in [-0.05, 0) is 42.0 Å². The lowest BCUT2D eigenvalue weighted by Crippen LogP contribution is -2.33. The molecule has 0 bridgehead atoms. The molecule has 0 radical (unpaired) electrons. The van der Waals surface area contributed by atoms with Crippen LogP contribution < -0.4 is 10.6 Å². The Bertz CT molecular complexity index is 1560. The zero-order valence-corrected chi connectivity index (χ0v) is 21.4. The van der Waals surface area contributed by atoms with Crippen molar-refractivity contribution in [1.29, 1.82) is 0 Å². The number of esters is 1. The van der Waals surface area contributed by atoms with Gasteiger partial charge in [0.25, 0.3) is 0 Å². The number of nitrogens with one attached hydrogen (secondary N) is 3. The average molecular weight is 531 g/mol. The van der Waals surface area contributed by atoms with Crippen molar-refractivity contribution in [3.8, 4) is 11.3 Å². The molecule has 2 heterocycles. The first kappa shape index (κ1) is 24.5. The molecular weight excluding hydrogens is 508 g/mol. The number of aromatic nitrogens is 2. The number of carbonyl (C=O) groups excluding carboxylic acids is 1. The number of benzene rings is 3. The van der Waals surface area contributed by atoms with Crippen LogP contribution in [0.2, 0.25) is 5.02 Å². The van der Waals surface area contributed by atoms with Gasteiger partial charge in [0.05, 0.1) is 7.11 Å². The van der Waals surface area contributed by atoms with Crippen molar-refractivity contribution in [2.45, 2.75) is 12.5 Å². The zero-order valence-electron chi connectivity index (χ0n) is 19.8. The molecule has 0 aliphatic rings. The Balaban J connectivity index is 1.53. The maximum atomic E-state index is 12.7. The molecule has 0 unspecified atom stereocenters. The number of anilines is 1. The highest BCUT2D eigenvalue weighted by Crippen LogP contribution is 2.34. The molecule has 2 aromatic heterocycles. The number of thiocarbonyl (C=S) groups is 1. The molecule has 0 fully saturated rings. The van der Waals surface area contributed by atoms with E-state index in [1.54, 1.807) is 18.3 Å². The first-order valence-corrected chi connectivity index (χ1v) is 12.3. The summed E-state index contributed by atoms with van der Waals surface area (Å²) in [7, 11) is 1.32. The van der Waals surface area contributed by atoms with Gasteiger partial charge in [0, 0.05) is 39.8 Å². The number of carbonyl (C=O) groups is 1. The fourth-order valence-electron chi connectivity index (χ4n) is 4.10. The Morgan fingerprint density at radius 3 is 2.68 bits per heavy atom. The molecule has 0 aliphatic carbocycles. The van der Waals surface area contributed by atoms with Gasteiger partial charge in [-0.15, -0.1) is 0 Å². The van der Waals surface area contributed by atoms with Gasteiger partial charge in [-0.2, -0.15) is 0 Å². The third-order valence-corrected chi connectivity index (χ3v) is 6.28. The van der Waals surface area contributed by atoms with Gasteiger partial charge in [0.15, 0.2) is 16.6 Å². The van der Waals surface area contributed by atoms with E-state index in [-0.39, 0.29) is 5.69 Å². The fourth-order valence-corrected chi connectivity index (χ4v) is 4.55. The standard InChI is InChI=1S/C28H23ClN4O3S/c1-35-27(34)24-25(21-16-30-22-13-6-5-12-20(21)22)36-26(33-24)23(14-17-8-3-2-4-9-17)32-28(37)31-19-11-7-10-18(29)15-19/h2-13,15-16,23,30H,14H2,1H3,(H2,31,32,37)/t23-/m0/s1. The number of para-hydroxylation sites is 1. The van der Waals surface area contributed by atoms with Crippen molar-refractivity contribution in [1.82, 2.24) is 15.3 Å². The number of aromatic amines is 1. The second-order valence-electron chi connectivity index (χ2n) is 8.32. The minimum Gasteiger partial charge on any atom is -0.464 e. The summed E-state index contributed by atoms with van der Waals surface area (Å²) in [6.07, 6.45) is 2.30. The molecule has 0 aliphatic heterocycles. The minimum atomic E-state index is -0.589. The van der Waals surface area contributed by atoms with Crippen LogP contribution in [0.3, 0.4) is 0 Å². The average Bonchev–Trinajstić information content (AvgIpc) is 3.53. The lowest BCUT2D eigenvalue weighted by atomic mass is 10.1. The summed E-state index contributed by atoms with van der Waals surface area (Å²) >= 11 is 11.7. The number of halogens is 1. The molecule has 5 rings (SSSR count). The largest absolute Gasteiger partial charge is 0.464 e. The Labute approximate surface area is 223 Å². The van der Waals surface area contributed by atoms with Crippen molar-refractivity contribution < 1.29 is 13.9 Å². The predicted molar refractivity (Wildman–Crippen MR) is 149 cm³/mol. The zero-order chi connectivity index (χ0) is 25.8. The highest BCUT2D eigenvalue weighted by atomic mass is 35.5. The van der Waals surface area contributed by atoms with Crippen LogP contribution >= 0.6 is 23.8 Å². The van der Waals surface area contributed by atoms with Crippen molar-refractivity contribution in [2.24, 2.45) is 0 Å². The third kappa shape index (κ3) is 5.50. The smallest absolute Gasteiger partial charge is 0.360 e. The van der Waals surface area contributed by atoms with E-state index in [2.05, 4.69) is 20.6 Å². The number of nitrogens with zero attached hydrogens (tertiary/aromatic N) is 1. The number of H-pyrrole nitrogens is 1. The summed E-state index contributed by atoms with van der Waals surface area (Å²) < 4.78 is 11.3. The lowest BCUT2D eigenvalue weighted by Gasteiger charge is -2.18. The summed E-state index contributed by atoms with van der Waals surface area (Å²) in [5, 5.41) is 8.29. The van der Waals surface area contributed by atoms with Crippen molar-refractivity contribution in [2.75, 3.05) is 12.4 Å². The number of hydrogen-bond acceptors (Lipinski definition) is 5. The number of fused-ring (bicyclic) bond motifs is 1. The van der Waals surface area contributed by atoms with E-state index in [1.165, 1.54) is 7.11 Å². The first-order chi connectivity index (χ1) is 18.0. The van der Waals surface area contributed by atoms with Gasteiger partial charge in [-0.3, -0.25) is 0 Å². The van der Waals surface area contributed by atoms with E-state index in [9.17, 15) is 4.79 Å². The maximum Gasteiger partial charge on any atom is 0.360 e. The van der Waals surface area contributed by atoms with Crippen molar-refractivity contribution in [3.63, 3.8) is 0 Å². The van der Waals surface area contributed by atoms with E-state index in [0.717, 1.165) is 22.2 Å². The topological polar surface area (TPSA) is 92.2 Å². The molecule has 0 amide bonds. The van der Waals surface area contributed by atoms with E-state index >= 15 is 0 Å². The summed E-state index contributed by atoms with van der Waals surface area (Å²) in [6, 6.07) is 24.4. The van der Waals surface area contributed by atoms with Gasteiger partial charge in [0.2, 0.25) is 5.89 Å². The molecule has 1 atom stereocenters. The normalized spacial score (nSPS) is 11.7. The molecule has 3 N–H and O–H groups in total. The number of hydrogen-bond donors (Lipinski definition) is 3. The quantitative estimate of drug-likeness (QED) is 0.163. The lowest BCUT2D eigenvalue weighted by molar-refractivity contribution is 0.0595. The van der Waals surface area contributed by atoms with Crippen LogP contribution in [0.15, 0.2) is 89.5 Å². The number of oxazole rings is 1. The summed E-state index contributed by atoms with van der Waals surface area (Å²) in [5.74, 6) is 0.0426. The van der Waals surface area contributed by atoms with Crippen LogP contribution in [0.4, 0.5) is 5.69 Å². The Hall–Kier alpha value is -4.14. The Morgan fingerprint density at radius 2 is 1.89 bits per heavy atom. The van der Waals surface area contributed by atoms with Gasteiger partial charge >= 0.3 is 5.97 Å². The minimum absolute atomic E-state index is 0.0934. The molecular formula is C28H23ClN4O3S. The summed E-state index contributed by atoms with van der Waals surface area (Å²) in [6.45, 7) is 0. The summed E-state index contributed by atoms with van der Waals surface area (Å²) in [4.78, 5) is 20.5. The molecule has 0 spiro atoms. The first-order valence-electron chi connectivity index (χ1n) is 11.5. The molecule has 9 heteroatoms. The second-order valence-corrected chi connectivity index (χ2v) is 9.17. The van der Waals surface area contributed by atoms with Gasteiger partial charge in [0.1, 0.15) is 6.04 Å². The summed E-state index contributed by atoms with van der Waals surface area (Å²) in [5.41, 5.74) is 3.50. The molecule has 7 nitrogen and oxygen atoms in total. The van der Waals surface area contributed by atoms with E-state index in [0.29, 0.717) is 33.8 Å². The van der Waals surface area contributed by atoms with E-state index in [4.69, 9.17) is 33.0 Å². The number of ether oxygens (including phenoxy) is 1.